The van der Waals surface area contributed by atoms with Crippen molar-refractivity contribution in [3.8, 4) is 0 Å². The Hall–Kier alpha value is -0.0400. The molecule has 1 nitrogen and oxygen atoms in total. The second-order valence-corrected chi connectivity index (χ2v) is 5.16. The quantitative estimate of drug-likeness (QED) is 0.637. The van der Waals surface area contributed by atoms with Gasteiger partial charge in [0.05, 0.1) is 0 Å². The summed E-state index contributed by atoms with van der Waals surface area (Å²) in [7, 11) is 0. The number of nitrogens with two attached hydrogens (primary N) is 1. The highest BCUT2D eigenvalue weighted by molar-refractivity contribution is 4.94. The number of hydrogen-bond acceptors (Lipinski definition) is 1. The molecular weight excluding hydrogens is 146 g/mol. The molecule has 2 N–H and O–H groups in total. The average molecular weight is 167 g/mol. The van der Waals surface area contributed by atoms with E-state index in [9.17, 15) is 0 Å². The van der Waals surface area contributed by atoms with Gasteiger partial charge in [-0.25, -0.2) is 0 Å². The van der Waals surface area contributed by atoms with E-state index >= 15 is 0 Å². The first kappa shape index (κ1) is 8.55. The lowest BCUT2D eigenvalue weighted by atomic mass is 9.71. The molecule has 70 valence electrons. The summed E-state index contributed by atoms with van der Waals surface area (Å²) in [4.78, 5) is 0. The van der Waals surface area contributed by atoms with E-state index < -0.39 is 0 Å². The predicted octanol–water partition coefficient (Wildman–Crippen LogP) is 2.41. The van der Waals surface area contributed by atoms with Gasteiger partial charge in [0, 0.05) is 6.04 Å². The van der Waals surface area contributed by atoms with Crippen LogP contribution in [0.25, 0.3) is 0 Å². The summed E-state index contributed by atoms with van der Waals surface area (Å²) in [5.74, 6) is 3.58. The molecule has 0 heterocycles. The number of hydrogen-bond donors (Lipinski definition) is 1. The molecule has 3 unspecified atom stereocenters. The van der Waals surface area contributed by atoms with Gasteiger partial charge in [-0.3, -0.25) is 0 Å². The summed E-state index contributed by atoms with van der Waals surface area (Å²) in [5, 5.41) is 0. The van der Waals surface area contributed by atoms with Crippen LogP contribution < -0.4 is 5.73 Å². The molecule has 0 radical (unpaired) electrons. The second-order valence-electron chi connectivity index (χ2n) is 5.16. The van der Waals surface area contributed by atoms with E-state index in [0.29, 0.717) is 6.04 Å². The molecule has 0 saturated heterocycles. The van der Waals surface area contributed by atoms with Crippen LogP contribution in [0.15, 0.2) is 0 Å². The minimum Gasteiger partial charge on any atom is -0.327 e. The van der Waals surface area contributed by atoms with E-state index in [1.54, 1.807) is 0 Å². The highest BCUT2D eigenvalue weighted by atomic mass is 14.7. The molecule has 0 aromatic rings. The zero-order chi connectivity index (χ0) is 8.72. The van der Waals surface area contributed by atoms with Gasteiger partial charge in [-0.1, -0.05) is 20.3 Å². The minimum atomic E-state index is 0.510. The fourth-order valence-electron chi connectivity index (χ4n) is 3.61. The van der Waals surface area contributed by atoms with Gasteiger partial charge in [-0.15, -0.1) is 0 Å². The first-order chi connectivity index (χ1) is 5.68. The Morgan fingerprint density at radius 3 is 2.58 bits per heavy atom. The Bertz CT molecular complexity index is 164. The Balaban J connectivity index is 2.10. The van der Waals surface area contributed by atoms with Gasteiger partial charge in [0.1, 0.15) is 0 Å². The summed E-state index contributed by atoms with van der Waals surface area (Å²) in [6.07, 6.45) is 5.71. The number of rotatable bonds is 1. The molecule has 2 rings (SSSR count). The van der Waals surface area contributed by atoms with E-state index in [1.807, 2.05) is 0 Å². The maximum atomic E-state index is 6.20. The SMILES string of the molecule is CC(C)C1C2CCC(C2)C[C@@H]1N. The van der Waals surface area contributed by atoms with Crippen LogP contribution in [-0.4, -0.2) is 6.04 Å². The summed E-state index contributed by atoms with van der Waals surface area (Å²) >= 11 is 0. The van der Waals surface area contributed by atoms with Crippen LogP contribution in [0.5, 0.6) is 0 Å². The molecule has 2 aliphatic carbocycles. The van der Waals surface area contributed by atoms with Crippen molar-refractivity contribution >= 4 is 0 Å². The Labute approximate surface area is 75.7 Å². The van der Waals surface area contributed by atoms with Gasteiger partial charge >= 0.3 is 0 Å². The van der Waals surface area contributed by atoms with Crippen LogP contribution in [-0.2, 0) is 0 Å². The van der Waals surface area contributed by atoms with Gasteiger partial charge in [0.15, 0.2) is 0 Å². The molecule has 12 heavy (non-hydrogen) atoms. The van der Waals surface area contributed by atoms with E-state index in [2.05, 4.69) is 13.8 Å². The van der Waals surface area contributed by atoms with E-state index in [-0.39, 0.29) is 0 Å². The smallest absolute Gasteiger partial charge is 0.00748 e. The zero-order valence-electron chi connectivity index (χ0n) is 8.29. The maximum absolute atomic E-state index is 6.20. The second kappa shape index (κ2) is 3.02. The molecule has 2 aliphatic rings. The third-order valence-electron chi connectivity index (χ3n) is 4.00. The molecule has 2 bridgehead atoms. The van der Waals surface area contributed by atoms with Gasteiger partial charge < -0.3 is 5.73 Å². The van der Waals surface area contributed by atoms with Crippen molar-refractivity contribution in [1.82, 2.24) is 0 Å². The molecule has 0 aromatic heterocycles. The van der Waals surface area contributed by atoms with E-state index in [4.69, 9.17) is 5.73 Å². The van der Waals surface area contributed by atoms with E-state index in [1.165, 1.54) is 25.7 Å². The molecule has 1 heteroatoms. The van der Waals surface area contributed by atoms with Crippen LogP contribution in [0, 0.1) is 23.7 Å². The predicted molar refractivity (Wildman–Crippen MR) is 51.8 cm³/mol. The third kappa shape index (κ3) is 1.28. The number of fused-ring (bicyclic) bond motifs is 2. The first-order valence-electron chi connectivity index (χ1n) is 5.44. The van der Waals surface area contributed by atoms with Gasteiger partial charge in [-0.2, -0.15) is 0 Å². The molecule has 0 amide bonds. The standard InChI is InChI=1S/C11H21N/c1-7(2)11-9-4-3-8(5-9)6-10(11)12/h7-11H,3-6,12H2,1-2H3/t8?,9?,10-,11?/m0/s1. The van der Waals surface area contributed by atoms with Gasteiger partial charge in [-0.05, 0) is 42.9 Å². The first-order valence-corrected chi connectivity index (χ1v) is 5.44. The summed E-state index contributed by atoms with van der Waals surface area (Å²) in [6.45, 7) is 4.67. The van der Waals surface area contributed by atoms with Gasteiger partial charge in [0.2, 0.25) is 0 Å². The average Bonchev–Trinajstić information content (AvgIpc) is 2.31. The van der Waals surface area contributed by atoms with Crippen LogP contribution >= 0.6 is 0 Å². The van der Waals surface area contributed by atoms with E-state index in [0.717, 1.165) is 23.7 Å². The largest absolute Gasteiger partial charge is 0.327 e. The molecule has 0 spiro atoms. The fourth-order valence-corrected chi connectivity index (χ4v) is 3.61. The molecule has 0 aliphatic heterocycles. The summed E-state index contributed by atoms with van der Waals surface area (Å²) in [6, 6.07) is 0.510. The van der Waals surface area contributed by atoms with Crippen molar-refractivity contribution < 1.29 is 0 Å². The highest BCUT2D eigenvalue weighted by Gasteiger charge is 2.41. The zero-order valence-corrected chi connectivity index (χ0v) is 8.29. The molecular formula is C11H21N. The van der Waals surface area contributed by atoms with Crippen LogP contribution in [0.1, 0.15) is 39.5 Å². The minimum absolute atomic E-state index is 0.510. The van der Waals surface area contributed by atoms with Crippen molar-refractivity contribution in [2.45, 2.75) is 45.6 Å². The van der Waals surface area contributed by atoms with Crippen molar-refractivity contribution in [3.63, 3.8) is 0 Å². The third-order valence-corrected chi connectivity index (χ3v) is 4.00. The lowest BCUT2D eigenvalue weighted by Crippen LogP contribution is -2.41. The Morgan fingerprint density at radius 2 is 1.92 bits per heavy atom. The maximum Gasteiger partial charge on any atom is 0.00748 e. The van der Waals surface area contributed by atoms with Crippen LogP contribution in [0.2, 0.25) is 0 Å². The van der Waals surface area contributed by atoms with Crippen LogP contribution in [0.4, 0.5) is 0 Å². The topological polar surface area (TPSA) is 26.0 Å². The molecule has 2 fully saturated rings. The van der Waals surface area contributed by atoms with Crippen molar-refractivity contribution in [2.24, 2.45) is 29.4 Å². The Kier molecular flexibility index (Phi) is 2.16. The monoisotopic (exact) mass is 167 g/mol. The lowest BCUT2D eigenvalue weighted by molar-refractivity contribution is 0.159. The molecule has 4 atom stereocenters. The lowest BCUT2D eigenvalue weighted by Gasteiger charge is -2.37. The fraction of sp³-hybridized carbons (Fsp3) is 1.00. The molecule has 0 aromatic carbocycles. The van der Waals surface area contributed by atoms with Crippen molar-refractivity contribution in [1.29, 1.82) is 0 Å². The Morgan fingerprint density at radius 1 is 1.17 bits per heavy atom. The van der Waals surface area contributed by atoms with Crippen molar-refractivity contribution in [3.05, 3.63) is 0 Å². The molecule has 2 saturated carbocycles. The van der Waals surface area contributed by atoms with Gasteiger partial charge in [0.25, 0.3) is 0 Å². The summed E-state index contributed by atoms with van der Waals surface area (Å²) in [5.41, 5.74) is 6.20. The highest BCUT2D eigenvalue weighted by Crippen LogP contribution is 2.47. The van der Waals surface area contributed by atoms with Crippen LogP contribution in [0.3, 0.4) is 0 Å². The van der Waals surface area contributed by atoms with Crippen molar-refractivity contribution in [2.75, 3.05) is 0 Å². The summed E-state index contributed by atoms with van der Waals surface area (Å²) < 4.78 is 0. The normalized spacial score (nSPS) is 47.0.